The highest BCUT2D eigenvalue weighted by Crippen LogP contribution is 2.27. The Hall–Kier alpha value is -3.85. The van der Waals surface area contributed by atoms with Gasteiger partial charge in [-0.2, -0.15) is 0 Å². The summed E-state index contributed by atoms with van der Waals surface area (Å²) in [4.78, 5) is 48.8. The quantitative estimate of drug-likeness (QED) is 0.587. The van der Waals surface area contributed by atoms with E-state index >= 15 is 0 Å². The van der Waals surface area contributed by atoms with Gasteiger partial charge in [-0.15, -0.1) is 11.3 Å². The first kappa shape index (κ1) is 22.3. The van der Waals surface area contributed by atoms with E-state index < -0.39 is 18.1 Å². The maximum atomic E-state index is 13.1. The summed E-state index contributed by atoms with van der Waals surface area (Å²) >= 11 is 1.40. The third-order valence-electron chi connectivity index (χ3n) is 5.24. The number of rotatable bonds is 6. The summed E-state index contributed by atoms with van der Waals surface area (Å²) in [6, 6.07) is 15.8. The molecule has 0 saturated heterocycles. The Morgan fingerprint density at radius 1 is 1.12 bits per heavy atom. The molecule has 2 heterocycles. The van der Waals surface area contributed by atoms with Gasteiger partial charge in [0.1, 0.15) is 16.8 Å². The average molecular weight is 462 g/mol. The molecule has 9 heteroatoms. The number of carbonyl (C=O) groups excluding carboxylic acids is 3. The summed E-state index contributed by atoms with van der Waals surface area (Å²) in [5.41, 5.74) is 2.81. The van der Waals surface area contributed by atoms with Crippen LogP contribution < -0.4 is 15.5 Å². The fourth-order valence-electron chi connectivity index (χ4n) is 3.53. The van der Waals surface area contributed by atoms with Crippen LogP contribution in [0, 0.1) is 0 Å². The molecule has 4 rings (SSSR count). The topological polar surface area (TPSA) is 104 Å². The lowest BCUT2D eigenvalue weighted by molar-refractivity contribution is -0.130. The van der Waals surface area contributed by atoms with Gasteiger partial charge in [0.25, 0.3) is 5.91 Å². The Balaban J connectivity index is 1.53. The highest BCUT2D eigenvalue weighted by atomic mass is 32.1. The summed E-state index contributed by atoms with van der Waals surface area (Å²) in [6.07, 6.45) is 0.673. The minimum atomic E-state index is -1.15. The number of fused-ring (bicyclic) bond motifs is 1. The van der Waals surface area contributed by atoms with E-state index in [4.69, 9.17) is 0 Å². The zero-order valence-corrected chi connectivity index (χ0v) is 19.0. The maximum Gasteiger partial charge on any atom is 0.272 e. The molecule has 2 atom stereocenters. The van der Waals surface area contributed by atoms with Gasteiger partial charge in [-0.05, 0) is 18.6 Å². The maximum absolute atomic E-state index is 13.1. The molecule has 0 fully saturated rings. The minimum Gasteiger partial charge on any atom is -0.344 e. The Bertz CT molecular complexity index is 1190. The number of likely N-dealkylation sites (N-methyl/N-ethyl adjacent to an activating group) is 1. The SMILES string of the molecule is C[C@H](NC(=O)Cc1ccccc1)C(=O)NC1N=C(c2nccs2)c2ccccc2N(C)C1=O. The predicted octanol–water partition coefficient (Wildman–Crippen LogP) is 2.15. The van der Waals surface area contributed by atoms with Gasteiger partial charge in [0, 0.05) is 24.2 Å². The van der Waals surface area contributed by atoms with Crippen molar-refractivity contribution in [1.29, 1.82) is 0 Å². The van der Waals surface area contributed by atoms with Gasteiger partial charge in [-0.1, -0.05) is 48.5 Å². The molecule has 0 spiro atoms. The normalized spacial score (nSPS) is 16.3. The standard InChI is InChI=1S/C24H23N5O3S/c1-15(26-19(30)14-16-8-4-3-5-9-16)22(31)28-21-24(32)29(2)18-11-7-6-10-17(18)20(27-21)23-25-12-13-33-23/h3-13,15,21H,14H2,1-2H3,(H,26,30)(H,28,31)/t15-,21?/m0/s1. The molecular weight excluding hydrogens is 438 g/mol. The van der Waals surface area contributed by atoms with Crippen molar-refractivity contribution in [3.63, 3.8) is 0 Å². The number of hydrogen-bond donors (Lipinski definition) is 2. The number of thiazole rings is 1. The highest BCUT2D eigenvalue weighted by Gasteiger charge is 2.32. The Morgan fingerprint density at radius 2 is 1.85 bits per heavy atom. The summed E-state index contributed by atoms with van der Waals surface area (Å²) in [5, 5.41) is 7.84. The first-order valence-corrected chi connectivity index (χ1v) is 11.3. The first-order valence-electron chi connectivity index (χ1n) is 10.4. The van der Waals surface area contributed by atoms with Gasteiger partial charge in [0.05, 0.1) is 12.1 Å². The zero-order chi connectivity index (χ0) is 23.4. The number of anilines is 1. The fourth-order valence-corrected chi connectivity index (χ4v) is 4.17. The number of amides is 3. The monoisotopic (exact) mass is 461 g/mol. The van der Waals surface area contributed by atoms with Crippen molar-refractivity contribution in [2.75, 3.05) is 11.9 Å². The highest BCUT2D eigenvalue weighted by molar-refractivity contribution is 7.12. The van der Waals surface area contributed by atoms with Gasteiger partial charge in [-0.3, -0.25) is 14.4 Å². The van der Waals surface area contributed by atoms with Crippen molar-refractivity contribution >= 4 is 40.5 Å². The van der Waals surface area contributed by atoms with Crippen molar-refractivity contribution in [1.82, 2.24) is 15.6 Å². The molecule has 3 aromatic rings. The van der Waals surface area contributed by atoms with Crippen LogP contribution in [-0.2, 0) is 20.8 Å². The van der Waals surface area contributed by atoms with Crippen molar-refractivity contribution in [3.8, 4) is 0 Å². The van der Waals surface area contributed by atoms with E-state index in [1.807, 2.05) is 60.0 Å². The third-order valence-corrected chi connectivity index (χ3v) is 6.02. The largest absolute Gasteiger partial charge is 0.344 e. The van der Waals surface area contributed by atoms with E-state index in [2.05, 4.69) is 20.6 Å². The van der Waals surface area contributed by atoms with Gasteiger partial charge in [-0.25, -0.2) is 9.98 Å². The van der Waals surface area contributed by atoms with Crippen molar-refractivity contribution < 1.29 is 14.4 Å². The molecule has 1 aromatic heterocycles. The first-order chi connectivity index (χ1) is 15.9. The second-order valence-corrected chi connectivity index (χ2v) is 8.49. The molecule has 2 N–H and O–H groups in total. The number of nitrogens with one attached hydrogen (secondary N) is 2. The molecule has 1 aliphatic rings. The van der Waals surface area contributed by atoms with E-state index in [1.54, 1.807) is 20.2 Å². The molecule has 0 bridgehead atoms. The van der Waals surface area contributed by atoms with Crippen LogP contribution in [0.5, 0.6) is 0 Å². The number of para-hydroxylation sites is 1. The van der Waals surface area contributed by atoms with Crippen molar-refractivity contribution in [2.45, 2.75) is 25.6 Å². The smallest absolute Gasteiger partial charge is 0.272 e. The Kier molecular flexibility index (Phi) is 6.60. The average Bonchev–Trinajstić information content (AvgIpc) is 3.33. The summed E-state index contributed by atoms with van der Waals surface area (Å²) in [5.74, 6) is -1.17. The minimum absolute atomic E-state index is 0.158. The molecule has 168 valence electrons. The van der Waals surface area contributed by atoms with Crippen LogP contribution in [-0.4, -0.2) is 47.7 Å². The lowest BCUT2D eigenvalue weighted by Gasteiger charge is -2.22. The molecule has 1 unspecified atom stereocenters. The van der Waals surface area contributed by atoms with Crippen LogP contribution in [0.3, 0.4) is 0 Å². The number of nitrogens with zero attached hydrogens (tertiary/aromatic N) is 3. The van der Waals surface area contributed by atoms with Crippen LogP contribution in [0.15, 0.2) is 71.2 Å². The third kappa shape index (κ3) is 4.98. The van der Waals surface area contributed by atoms with Crippen molar-refractivity contribution in [3.05, 3.63) is 82.3 Å². The molecule has 0 saturated carbocycles. The molecular formula is C24H23N5O3S. The Labute approximate surface area is 195 Å². The lowest BCUT2D eigenvalue weighted by atomic mass is 10.1. The number of aromatic nitrogens is 1. The second-order valence-electron chi connectivity index (χ2n) is 7.59. The van der Waals surface area contributed by atoms with E-state index in [9.17, 15) is 14.4 Å². The predicted molar refractivity (Wildman–Crippen MR) is 127 cm³/mol. The van der Waals surface area contributed by atoms with Crippen LogP contribution in [0.25, 0.3) is 0 Å². The number of hydrogen-bond acceptors (Lipinski definition) is 6. The number of benzene rings is 2. The van der Waals surface area contributed by atoms with Gasteiger partial charge in [0.2, 0.25) is 18.0 Å². The number of aliphatic imine (C=N–C) groups is 1. The van der Waals surface area contributed by atoms with Crippen LogP contribution >= 0.6 is 11.3 Å². The number of carbonyl (C=O) groups is 3. The van der Waals surface area contributed by atoms with Gasteiger partial charge >= 0.3 is 0 Å². The summed E-state index contributed by atoms with van der Waals surface area (Å²) in [6.45, 7) is 1.57. The lowest BCUT2D eigenvalue weighted by Crippen LogP contribution is -2.52. The molecule has 3 amide bonds. The van der Waals surface area contributed by atoms with Crippen LogP contribution in [0.1, 0.15) is 23.1 Å². The molecule has 33 heavy (non-hydrogen) atoms. The zero-order valence-electron chi connectivity index (χ0n) is 18.2. The van der Waals surface area contributed by atoms with E-state index in [0.717, 1.165) is 11.1 Å². The van der Waals surface area contributed by atoms with E-state index in [-0.39, 0.29) is 18.2 Å². The van der Waals surface area contributed by atoms with Crippen molar-refractivity contribution in [2.24, 2.45) is 4.99 Å². The van der Waals surface area contributed by atoms with Gasteiger partial charge in [0.15, 0.2) is 0 Å². The van der Waals surface area contributed by atoms with E-state index in [0.29, 0.717) is 16.4 Å². The van der Waals surface area contributed by atoms with Crippen LogP contribution in [0.4, 0.5) is 5.69 Å². The second kappa shape index (κ2) is 9.74. The summed E-state index contributed by atoms with van der Waals surface area (Å²) in [7, 11) is 1.64. The molecule has 0 radical (unpaired) electrons. The Morgan fingerprint density at radius 3 is 2.58 bits per heavy atom. The molecule has 8 nitrogen and oxygen atoms in total. The molecule has 2 aromatic carbocycles. The fraction of sp³-hybridized carbons (Fsp3) is 0.208. The van der Waals surface area contributed by atoms with Crippen LogP contribution in [0.2, 0.25) is 0 Å². The number of benzodiazepines with no additional fused rings is 1. The van der Waals surface area contributed by atoms with E-state index in [1.165, 1.54) is 16.2 Å². The molecule has 1 aliphatic heterocycles. The summed E-state index contributed by atoms with van der Waals surface area (Å²) < 4.78 is 0. The van der Waals surface area contributed by atoms with Gasteiger partial charge < -0.3 is 15.5 Å². The molecule has 0 aliphatic carbocycles.